The maximum Gasteiger partial charge on any atom is 0.00866 e. The maximum absolute atomic E-state index is 5.21. The molecule has 0 saturated carbocycles. The molecule has 0 radical (unpaired) electrons. The third-order valence-electron chi connectivity index (χ3n) is 2.14. The number of unbranched alkanes of at least 4 members (excludes halogenated alkanes) is 1. The van der Waals surface area contributed by atoms with Crippen LogP contribution in [0.2, 0.25) is 0 Å². The van der Waals surface area contributed by atoms with Crippen LogP contribution in [-0.2, 0) is 0 Å². The largest absolute Gasteiger partial charge is 0.317 e. The topological polar surface area (TPSA) is 12.0 Å². The van der Waals surface area contributed by atoms with Crippen LogP contribution in [0.15, 0.2) is 0 Å². The van der Waals surface area contributed by atoms with Gasteiger partial charge in [-0.15, -0.1) is 12.3 Å². The molecule has 1 unspecified atom stereocenters. The van der Waals surface area contributed by atoms with Crippen LogP contribution < -0.4 is 5.32 Å². The molecular formula is C12H23N. The van der Waals surface area contributed by atoms with Crippen molar-refractivity contribution in [2.45, 2.75) is 52.5 Å². The first-order valence-electron chi connectivity index (χ1n) is 5.10. The minimum atomic E-state index is 0.407. The summed E-state index contributed by atoms with van der Waals surface area (Å²) >= 11 is 0. The summed E-state index contributed by atoms with van der Waals surface area (Å²) in [5, 5.41) is 3.35. The second-order valence-corrected chi connectivity index (χ2v) is 4.85. The Balaban J connectivity index is 3.71. The van der Waals surface area contributed by atoms with E-state index in [4.69, 9.17) is 6.42 Å². The van der Waals surface area contributed by atoms with Crippen molar-refractivity contribution in [3.63, 3.8) is 0 Å². The van der Waals surface area contributed by atoms with E-state index in [1.807, 2.05) is 7.05 Å². The van der Waals surface area contributed by atoms with Gasteiger partial charge in [-0.2, -0.15) is 0 Å². The van der Waals surface area contributed by atoms with Crippen LogP contribution in [0.3, 0.4) is 0 Å². The van der Waals surface area contributed by atoms with Gasteiger partial charge >= 0.3 is 0 Å². The van der Waals surface area contributed by atoms with Gasteiger partial charge in [0.1, 0.15) is 0 Å². The van der Waals surface area contributed by atoms with Crippen molar-refractivity contribution in [1.29, 1.82) is 0 Å². The number of hydrogen-bond acceptors (Lipinski definition) is 1. The summed E-state index contributed by atoms with van der Waals surface area (Å²) in [7, 11) is 2.03. The molecule has 0 rings (SSSR count). The fourth-order valence-corrected chi connectivity index (χ4v) is 1.54. The van der Waals surface area contributed by atoms with Crippen molar-refractivity contribution in [3.05, 3.63) is 0 Å². The Hall–Kier alpha value is -0.480. The molecular weight excluding hydrogens is 158 g/mol. The van der Waals surface area contributed by atoms with E-state index in [1.165, 1.54) is 12.8 Å². The van der Waals surface area contributed by atoms with Crippen molar-refractivity contribution < 1.29 is 0 Å². The van der Waals surface area contributed by atoms with Gasteiger partial charge in [-0.1, -0.05) is 20.8 Å². The Morgan fingerprint density at radius 1 is 1.38 bits per heavy atom. The highest BCUT2D eigenvalue weighted by atomic mass is 14.9. The van der Waals surface area contributed by atoms with Gasteiger partial charge in [0.25, 0.3) is 0 Å². The van der Waals surface area contributed by atoms with E-state index in [9.17, 15) is 0 Å². The summed E-state index contributed by atoms with van der Waals surface area (Å²) < 4.78 is 0. The molecule has 0 aliphatic carbocycles. The Morgan fingerprint density at radius 2 is 2.00 bits per heavy atom. The molecule has 0 fully saturated rings. The standard InChI is InChI=1S/C12H23N/c1-6-7-8-9-11(13-5)10-12(2,3)4/h1,11,13H,7-10H2,2-5H3. The summed E-state index contributed by atoms with van der Waals surface area (Å²) in [6, 6.07) is 0.619. The van der Waals surface area contributed by atoms with Gasteiger partial charge in [0.15, 0.2) is 0 Å². The molecule has 1 N–H and O–H groups in total. The lowest BCUT2D eigenvalue weighted by molar-refractivity contribution is 0.305. The fraction of sp³-hybridized carbons (Fsp3) is 0.833. The van der Waals surface area contributed by atoms with Crippen LogP contribution in [0.4, 0.5) is 0 Å². The molecule has 76 valence electrons. The van der Waals surface area contributed by atoms with Gasteiger partial charge < -0.3 is 5.32 Å². The molecule has 0 bridgehead atoms. The lowest BCUT2D eigenvalue weighted by Gasteiger charge is -2.25. The second-order valence-electron chi connectivity index (χ2n) is 4.85. The Labute approximate surface area is 83.3 Å². The summed E-state index contributed by atoms with van der Waals surface area (Å²) in [5.41, 5.74) is 0.407. The highest BCUT2D eigenvalue weighted by molar-refractivity contribution is 4.84. The van der Waals surface area contributed by atoms with Gasteiger partial charge in [-0.3, -0.25) is 0 Å². The van der Waals surface area contributed by atoms with Crippen LogP contribution in [0.5, 0.6) is 0 Å². The molecule has 0 saturated heterocycles. The van der Waals surface area contributed by atoms with E-state index >= 15 is 0 Å². The Morgan fingerprint density at radius 3 is 2.38 bits per heavy atom. The molecule has 0 amide bonds. The molecule has 1 nitrogen and oxygen atoms in total. The predicted molar refractivity (Wildman–Crippen MR) is 59.6 cm³/mol. The van der Waals surface area contributed by atoms with Crippen LogP contribution in [0.1, 0.15) is 46.5 Å². The summed E-state index contributed by atoms with van der Waals surface area (Å²) in [4.78, 5) is 0. The van der Waals surface area contributed by atoms with E-state index in [0.29, 0.717) is 11.5 Å². The summed E-state index contributed by atoms with van der Waals surface area (Å²) in [6.07, 6.45) is 9.66. The quantitative estimate of drug-likeness (QED) is 0.508. The number of rotatable bonds is 5. The highest BCUT2D eigenvalue weighted by Crippen LogP contribution is 2.22. The van der Waals surface area contributed by atoms with E-state index in [1.54, 1.807) is 0 Å². The number of terminal acetylenes is 1. The maximum atomic E-state index is 5.21. The van der Waals surface area contributed by atoms with Gasteiger partial charge in [0, 0.05) is 12.5 Å². The molecule has 0 aromatic rings. The SMILES string of the molecule is C#CCCCC(CC(C)(C)C)NC. The van der Waals surface area contributed by atoms with Crippen molar-refractivity contribution >= 4 is 0 Å². The van der Waals surface area contributed by atoms with Crippen LogP contribution in [-0.4, -0.2) is 13.1 Å². The highest BCUT2D eigenvalue weighted by Gasteiger charge is 2.16. The van der Waals surface area contributed by atoms with Gasteiger partial charge in [0.2, 0.25) is 0 Å². The third kappa shape index (κ3) is 7.87. The van der Waals surface area contributed by atoms with Gasteiger partial charge in [-0.25, -0.2) is 0 Å². The predicted octanol–water partition coefficient (Wildman–Crippen LogP) is 2.81. The van der Waals surface area contributed by atoms with Crippen molar-refractivity contribution in [2.75, 3.05) is 7.05 Å². The molecule has 0 aromatic heterocycles. The van der Waals surface area contributed by atoms with E-state index < -0.39 is 0 Å². The average molecular weight is 181 g/mol. The van der Waals surface area contributed by atoms with Crippen molar-refractivity contribution in [3.8, 4) is 12.3 Å². The molecule has 1 heteroatoms. The summed E-state index contributed by atoms with van der Waals surface area (Å²) in [6.45, 7) is 6.83. The van der Waals surface area contributed by atoms with E-state index in [0.717, 1.165) is 12.8 Å². The molecule has 0 heterocycles. The lowest BCUT2D eigenvalue weighted by atomic mass is 9.86. The molecule has 0 spiro atoms. The third-order valence-corrected chi connectivity index (χ3v) is 2.14. The first-order valence-corrected chi connectivity index (χ1v) is 5.10. The number of hydrogen-bond donors (Lipinski definition) is 1. The minimum absolute atomic E-state index is 0.407. The zero-order valence-corrected chi connectivity index (χ0v) is 9.48. The zero-order valence-electron chi connectivity index (χ0n) is 9.48. The molecule has 0 aliphatic heterocycles. The van der Waals surface area contributed by atoms with Crippen LogP contribution in [0, 0.1) is 17.8 Å². The van der Waals surface area contributed by atoms with Crippen LogP contribution in [0.25, 0.3) is 0 Å². The molecule has 0 aliphatic rings. The monoisotopic (exact) mass is 181 g/mol. The lowest BCUT2D eigenvalue weighted by Crippen LogP contribution is -2.29. The minimum Gasteiger partial charge on any atom is -0.317 e. The van der Waals surface area contributed by atoms with Crippen LogP contribution >= 0.6 is 0 Å². The van der Waals surface area contributed by atoms with Gasteiger partial charge in [-0.05, 0) is 31.7 Å². The Kier molecular flexibility index (Phi) is 5.82. The zero-order chi connectivity index (χ0) is 10.3. The summed E-state index contributed by atoms with van der Waals surface area (Å²) in [5.74, 6) is 2.68. The van der Waals surface area contributed by atoms with E-state index in [2.05, 4.69) is 32.0 Å². The van der Waals surface area contributed by atoms with Gasteiger partial charge in [0.05, 0.1) is 0 Å². The molecule has 13 heavy (non-hydrogen) atoms. The second kappa shape index (κ2) is 6.05. The average Bonchev–Trinajstić information content (AvgIpc) is 2.01. The molecule has 1 atom stereocenters. The number of nitrogens with one attached hydrogen (secondary N) is 1. The smallest absolute Gasteiger partial charge is 0.00866 e. The molecule has 0 aromatic carbocycles. The first kappa shape index (κ1) is 12.5. The van der Waals surface area contributed by atoms with Crippen molar-refractivity contribution in [2.24, 2.45) is 5.41 Å². The Bertz CT molecular complexity index is 159. The fourth-order valence-electron chi connectivity index (χ4n) is 1.54. The van der Waals surface area contributed by atoms with E-state index in [-0.39, 0.29) is 0 Å². The normalized spacial score (nSPS) is 13.8. The first-order chi connectivity index (χ1) is 5.99. The van der Waals surface area contributed by atoms with Crippen molar-refractivity contribution in [1.82, 2.24) is 5.32 Å².